The number of fused-ring (bicyclic) bond motifs is 1. The lowest BCUT2D eigenvalue weighted by atomic mass is 9.95. The maximum absolute atomic E-state index is 13.4. The zero-order chi connectivity index (χ0) is 19.3. The number of β-lactam (4-membered cyclic amide) rings is 1. The number of carbonyl (C=O) groups is 2. The highest BCUT2D eigenvalue weighted by molar-refractivity contribution is 8.01. The van der Waals surface area contributed by atoms with Crippen LogP contribution in [-0.2, 0) is 9.59 Å². The number of hydrogen-bond acceptors (Lipinski definition) is 7. The number of aromatic nitrogens is 4. The van der Waals surface area contributed by atoms with Crippen molar-refractivity contribution in [3.05, 3.63) is 41.5 Å². The minimum absolute atomic E-state index is 0.229. The molecule has 0 saturated carbocycles. The Bertz CT molecular complexity index is 891. The van der Waals surface area contributed by atoms with E-state index in [2.05, 4.69) is 25.9 Å². The van der Waals surface area contributed by atoms with Gasteiger partial charge in [0.05, 0.1) is 0 Å². The lowest BCUT2D eigenvalue weighted by Crippen LogP contribution is -2.68. The Labute approximate surface area is 158 Å². The Morgan fingerprint density at radius 3 is 2.93 bits per heavy atom. The van der Waals surface area contributed by atoms with Crippen molar-refractivity contribution < 1.29 is 14.0 Å². The predicted octanol–water partition coefficient (Wildman–Crippen LogP) is 0.258. The van der Waals surface area contributed by atoms with Crippen molar-refractivity contribution in [2.45, 2.75) is 42.1 Å². The molecule has 0 aliphatic carbocycles. The summed E-state index contributed by atoms with van der Waals surface area (Å²) in [5.74, 6) is -0.796. The Kier molecular flexibility index (Phi) is 4.15. The summed E-state index contributed by atoms with van der Waals surface area (Å²) in [4.78, 5) is 26.8. The molecule has 2 aliphatic heterocycles. The van der Waals surface area contributed by atoms with Crippen LogP contribution >= 0.6 is 11.8 Å². The molecule has 2 fully saturated rings. The molecule has 0 spiro atoms. The number of carbonyl (C=O) groups excluding carboxylic acids is 2. The Morgan fingerprint density at radius 1 is 1.48 bits per heavy atom. The van der Waals surface area contributed by atoms with Crippen LogP contribution < -0.4 is 11.1 Å². The minimum atomic E-state index is -1.06. The molecule has 2 aromatic rings. The smallest absolute Gasteiger partial charge is 0.249 e. The van der Waals surface area contributed by atoms with E-state index in [-0.39, 0.29) is 22.1 Å². The molecule has 9 nitrogen and oxygen atoms in total. The quantitative estimate of drug-likeness (QED) is 0.637. The third kappa shape index (κ3) is 2.86. The SMILES string of the molecule is CC1(C)S[C@@H]2C(NC(=O)[C@H](N)c3cccc(F)c3)C(=O)N2C1c1nn[nH]n1. The van der Waals surface area contributed by atoms with E-state index < -0.39 is 23.8 Å². The minimum Gasteiger partial charge on any atom is -0.340 e. The van der Waals surface area contributed by atoms with Gasteiger partial charge < -0.3 is 16.0 Å². The van der Waals surface area contributed by atoms with Gasteiger partial charge in [0.1, 0.15) is 29.3 Å². The third-order valence-corrected chi connectivity index (χ3v) is 6.41. The van der Waals surface area contributed by atoms with Crippen molar-refractivity contribution in [3.63, 3.8) is 0 Å². The van der Waals surface area contributed by atoms with Crippen molar-refractivity contribution in [2.75, 3.05) is 0 Å². The summed E-state index contributed by atoms with van der Waals surface area (Å²) in [5, 5.41) is 16.4. The van der Waals surface area contributed by atoms with Gasteiger partial charge in [0.15, 0.2) is 5.82 Å². The molecule has 1 aromatic heterocycles. The molecule has 4 rings (SSSR count). The molecule has 0 bridgehead atoms. The molecule has 11 heteroatoms. The molecule has 4 atom stereocenters. The number of halogens is 1. The van der Waals surface area contributed by atoms with Gasteiger partial charge in [0, 0.05) is 4.75 Å². The van der Waals surface area contributed by atoms with Gasteiger partial charge in [-0.3, -0.25) is 9.59 Å². The number of nitrogens with zero attached hydrogens (tertiary/aromatic N) is 4. The Morgan fingerprint density at radius 2 is 2.26 bits per heavy atom. The summed E-state index contributed by atoms with van der Waals surface area (Å²) < 4.78 is 13.0. The second kappa shape index (κ2) is 6.27. The van der Waals surface area contributed by atoms with Crippen LogP contribution in [0.15, 0.2) is 24.3 Å². The summed E-state index contributed by atoms with van der Waals surface area (Å²) in [7, 11) is 0. The van der Waals surface area contributed by atoms with Gasteiger partial charge >= 0.3 is 0 Å². The van der Waals surface area contributed by atoms with Crippen LogP contribution in [0.5, 0.6) is 0 Å². The molecule has 3 heterocycles. The molecular weight excluding hydrogens is 373 g/mol. The fourth-order valence-electron chi connectivity index (χ4n) is 3.54. The van der Waals surface area contributed by atoms with E-state index in [1.54, 1.807) is 22.7 Å². The number of benzene rings is 1. The topological polar surface area (TPSA) is 130 Å². The number of nitrogens with one attached hydrogen (secondary N) is 2. The average molecular weight is 391 g/mol. The average Bonchev–Trinajstić information content (AvgIpc) is 3.23. The van der Waals surface area contributed by atoms with E-state index in [9.17, 15) is 14.0 Å². The molecule has 2 unspecified atom stereocenters. The molecule has 1 aromatic carbocycles. The number of tetrazole rings is 1. The number of thioether (sulfide) groups is 1. The molecule has 142 valence electrons. The summed E-state index contributed by atoms with van der Waals surface area (Å²) in [6.07, 6.45) is 0. The molecule has 27 heavy (non-hydrogen) atoms. The Balaban J connectivity index is 1.49. The fourth-order valence-corrected chi connectivity index (χ4v) is 5.17. The van der Waals surface area contributed by atoms with Crippen LogP contribution in [0.4, 0.5) is 4.39 Å². The van der Waals surface area contributed by atoms with E-state index in [1.165, 1.54) is 18.2 Å². The van der Waals surface area contributed by atoms with Crippen LogP contribution in [0, 0.1) is 5.82 Å². The summed E-state index contributed by atoms with van der Waals surface area (Å²) in [6.45, 7) is 3.98. The highest BCUT2D eigenvalue weighted by atomic mass is 32.2. The zero-order valence-corrected chi connectivity index (χ0v) is 15.4. The van der Waals surface area contributed by atoms with Gasteiger partial charge in [0.25, 0.3) is 0 Å². The standard InChI is InChI=1S/C16H18FN7O2S/c1-16(2)11(12-20-22-23-21-12)24-14(26)10(15(24)27-16)19-13(25)9(18)7-4-3-5-8(17)6-7/h3-6,9-11,15H,18H2,1-2H3,(H,19,25)(H,20,21,22,23)/t9-,10?,11?,15-/m1/s1. The van der Waals surface area contributed by atoms with Crippen molar-refractivity contribution in [2.24, 2.45) is 5.73 Å². The first-order valence-corrected chi connectivity index (χ1v) is 9.22. The number of aromatic amines is 1. The number of rotatable bonds is 4. The molecule has 4 N–H and O–H groups in total. The maximum Gasteiger partial charge on any atom is 0.249 e. The lowest BCUT2D eigenvalue weighted by molar-refractivity contribution is -0.152. The lowest BCUT2D eigenvalue weighted by Gasteiger charge is -2.44. The molecule has 0 radical (unpaired) electrons. The number of nitrogens with two attached hydrogens (primary N) is 1. The summed E-state index contributed by atoms with van der Waals surface area (Å²) >= 11 is 1.56. The van der Waals surface area contributed by atoms with E-state index in [0.29, 0.717) is 11.4 Å². The second-order valence-corrected chi connectivity index (χ2v) is 8.82. The highest BCUT2D eigenvalue weighted by Crippen LogP contribution is 2.56. The molecular formula is C16H18FN7O2S. The van der Waals surface area contributed by atoms with Crippen molar-refractivity contribution in [3.8, 4) is 0 Å². The molecule has 2 saturated heterocycles. The normalized spacial score (nSPS) is 27.0. The number of amides is 2. The van der Waals surface area contributed by atoms with Crippen LogP contribution in [0.2, 0.25) is 0 Å². The fraction of sp³-hybridized carbons (Fsp3) is 0.438. The maximum atomic E-state index is 13.4. The van der Waals surface area contributed by atoms with Crippen LogP contribution in [0.25, 0.3) is 0 Å². The van der Waals surface area contributed by atoms with Gasteiger partial charge in [-0.05, 0) is 31.5 Å². The van der Waals surface area contributed by atoms with Gasteiger partial charge in [-0.15, -0.1) is 22.0 Å². The first-order valence-electron chi connectivity index (χ1n) is 8.34. The van der Waals surface area contributed by atoms with Crippen LogP contribution in [0.3, 0.4) is 0 Å². The highest BCUT2D eigenvalue weighted by Gasteiger charge is 2.63. The van der Waals surface area contributed by atoms with Crippen LogP contribution in [-0.4, -0.2) is 53.5 Å². The van der Waals surface area contributed by atoms with E-state index in [0.717, 1.165) is 0 Å². The number of hydrogen-bond donors (Lipinski definition) is 3. The van der Waals surface area contributed by atoms with Crippen molar-refractivity contribution >= 4 is 23.6 Å². The predicted molar refractivity (Wildman–Crippen MR) is 94.5 cm³/mol. The number of H-pyrrole nitrogens is 1. The monoisotopic (exact) mass is 391 g/mol. The zero-order valence-electron chi connectivity index (χ0n) is 14.6. The largest absolute Gasteiger partial charge is 0.340 e. The first-order chi connectivity index (χ1) is 12.8. The van der Waals surface area contributed by atoms with Crippen molar-refractivity contribution in [1.29, 1.82) is 0 Å². The van der Waals surface area contributed by atoms with E-state index in [4.69, 9.17) is 5.73 Å². The van der Waals surface area contributed by atoms with E-state index in [1.807, 2.05) is 13.8 Å². The van der Waals surface area contributed by atoms with Gasteiger partial charge in [0.2, 0.25) is 11.8 Å². The van der Waals surface area contributed by atoms with Gasteiger partial charge in [-0.25, -0.2) is 4.39 Å². The Hall–Kier alpha value is -2.53. The van der Waals surface area contributed by atoms with Gasteiger partial charge in [-0.2, -0.15) is 5.21 Å². The van der Waals surface area contributed by atoms with Gasteiger partial charge in [-0.1, -0.05) is 17.3 Å². The second-order valence-electron chi connectivity index (χ2n) is 7.05. The summed E-state index contributed by atoms with van der Waals surface area (Å²) in [6, 6.07) is 3.44. The van der Waals surface area contributed by atoms with E-state index >= 15 is 0 Å². The first kappa shape index (κ1) is 17.9. The third-order valence-electron chi connectivity index (χ3n) is 4.84. The van der Waals surface area contributed by atoms with Crippen molar-refractivity contribution in [1.82, 2.24) is 30.8 Å². The molecule has 2 amide bonds. The molecule has 2 aliphatic rings. The van der Waals surface area contributed by atoms with Crippen LogP contribution in [0.1, 0.15) is 37.3 Å². The summed E-state index contributed by atoms with van der Waals surface area (Å²) in [5.41, 5.74) is 6.28.